The predicted octanol–water partition coefficient (Wildman–Crippen LogP) is 0.718. The Hall–Kier alpha value is -1.32. The molecule has 1 heterocycles. The summed E-state index contributed by atoms with van der Waals surface area (Å²) in [5.74, 6) is -0.642. The van der Waals surface area contributed by atoms with Crippen molar-refractivity contribution in [2.24, 2.45) is 0 Å². The molecule has 0 saturated carbocycles. The Morgan fingerprint density at radius 1 is 1.42 bits per heavy atom. The maximum Gasteiger partial charge on any atom is 0.241 e. The summed E-state index contributed by atoms with van der Waals surface area (Å²) in [4.78, 5) is 12.2. The van der Waals surface area contributed by atoms with Gasteiger partial charge in [-0.15, -0.1) is 0 Å². The lowest BCUT2D eigenvalue weighted by Gasteiger charge is -2.24. The highest BCUT2D eigenvalue weighted by Crippen LogP contribution is 2.28. The number of anilines is 1. The van der Waals surface area contributed by atoms with Crippen LogP contribution in [0.4, 0.5) is 5.69 Å². The van der Waals surface area contributed by atoms with Gasteiger partial charge < -0.3 is 5.32 Å². The molecule has 1 aromatic rings. The van der Waals surface area contributed by atoms with Crippen molar-refractivity contribution in [3.8, 4) is 0 Å². The zero-order valence-electron chi connectivity index (χ0n) is 13.3. The Labute approximate surface area is 147 Å². The fourth-order valence-electron chi connectivity index (χ4n) is 2.56. The van der Waals surface area contributed by atoms with Crippen LogP contribution in [0.1, 0.15) is 12.0 Å². The number of nitrogens with one attached hydrogen (secondary N) is 1. The van der Waals surface area contributed by atoms with Gasteiger partial charge in [0.25, 0.3) is 0 Å². The number of amides is 1. The molecule has 1 N–H and O–H groups in total. The van der Waals surface area contributed by atoms with E-state index < -0.39 is 38.4 Å². The summed E-state index contributed by atoms with van der Waals surface area (Å²) in [5, 5.41) is 2.98. The van der Waals surface area contributed by atoms with Crippen LogP contribution in [-0.4, -0.2) is 53.1 Å². The summed E-state index contributed by atoms with van der Waals surface area (Å²) >= 11 is 6.02. The molecule has 1 unspecified atom stereocenters. The molecule has 0 aliphatic carbocycles. The van der Waals surface area contributed by atoms with E-state index in [4.69, 9.17) is 11.6 Å². The molecule has 1 aromatic carbocycles. The number of benzene rings is 1. The van der Waals surface area contributed by atoms with E-state index >= 15 is 0 Å². The van der Waals surface area contributed by atoms with Crippen LogP contribution in [-0.2, 0) is 24.7 Å². The van der Waals surface area contributed by atoms with E-state index in [0.717, 1.165) is 10.6 Å². The maximum atomic E-state index is 12.2. The first kappa shape index (κ1) is 19.0. The van der Waals surface area contributed by atoms with E-state index in [2.05, 4.69) is 5.32 Å². The lowest BCUT2D eigenvalue weighted by molar-refractivity contribution is -0.120. The molecule has 1 aliphatic heterocycles. The first-order valence-corrected chi connectivity index (χ1v) is 11.3. The van der Waals surface area contributed by atoms with E-state index in [9.17, 15) is 21.6 Å². The number of sulfonamides is 1. The van der Waals surface area contributed by atoms with Gasteiger partial charge in [0.15, 0.2) is 9.84 Å². The van der Waals surface area contributed by atoms with Gasteiger partial charge in [0, 0.05) is 11.1 Å². The summed E-state index contributed by atoms with van der Waals surface area (Å²) in [6.07, 6.45) is 1.34. The lowest BCUT2D eigenvalue weighted by atomic mass is 10.2. The van der Waals surface area contributed by atoms with E-state index in [-0.39, 0.29) is 11.5 Å². The predicted molar refractivity (Wildman–Crippen MR) is 93.6 cm³/mol. The van der Waals surface area contributed by atoms with Gasteiger partial charge in [-0.05, 0) is 31.0 Å². The van der Waals surface area contributed by atoms with Gasteiger partial charge in [0.1, 0.15) is 6.54 Å². The molecule has 2 rings (SSSR count). The highest BCUT2D eigenvalue weighted by Gasteiger charge is 2.30. The Balaban J connectivity index is 2.18. The van der Waals surface area contributed by atoms with Gasteiger partial charge in [-0.2, -0.15) is 0 Å². The van der Waals surface area contributed by atoms with Gasteiger partial charge in [0.2, 0.25) is 15.9 Å². The van der Waals surface area contributed by atoms with Crippen LogP contribution in [0.15, 0.2) is 18.2 Å². The van der Waals surface area contributed by atoms with Gasteiger partial charge >= 0.3 is 0 Å². The number of rotatable bonds is 5. The zero-order chi connectivity index (χ0) is 18.1. The topological polar surface area (TPSA) is 101 Å². The lowest BCUT2D eigenvalue weighted by Crippen LogP contribution is -2.44. The Kier molecular flexibility index (Phi) is 5.46. The number of sulfone groups is 1. The van der Waals surface area contributed by atoms with Crippen LogP contribution in [0.25, 0.3) is 0 Å². The van der Waals surface area contributed by atoms with Gasteiger partial charge in [-0.25, -0.2) is 16.8 Å². The molecule has 0 spiro atoms. The van der Waals surface area contributed by atoms with Crippen molar-refractivity contribution in [3.63, 3.8) is 0 Å². The van der Waals surface area contributed by atoms with Crippen molar-refractivity contribution in [1.29, 1.82) is 0 Å². The summed E-state index contributed by atoms with van der Waals surface area (Å²) in [6.45, 7) is 1.23. The summed E-state index contributed by atoms with van der Waals surface area (Å²) in [7, 11) is -6.84. The molecule has 1 aliphatic rings. The fourth-order valence-corrected chi connectivity index (χ4v) is 5.31. The van der Waals surface area contributed by atoms with Crippen molar-refractivity contribution in [2.45, 2.75) is 19.4 Å². The van der Waals surface area contributed by atoms with Crippen LogP contribution >= 0.6 is 11.6 Å². The van der Waals surface area contributed by atoms with E-state index in [1.807, 2.05) is 0 Å². The first-order valence-electron chi connectivity index (χ1n) is 7.22. The van der Waals surface area contributed by atoms with Gasteiger partial charge in [0.05, 0.1) is 23.4 Å². The minimum absolute atomic E-state index is 0.0289. The monoisotopic (exact) mass is 394 g/mol. The molecule has 1 fully saturated rings. The van der Waals surface area contributed by atoms with Crippen molar-refractivity contribution in [2.75, 3.05) is 28.6 Å². The number of carbonyl (C=O) groups excluding carboxylic acids is 1. The molecular formula is C14H19ClN2O5S2. The molecule has 24 heavy (non-hydrogen) atoms. The Bertz CT molecular complexity index is 852. The van der Waals surface area contributed by atoms with Crippen molar-refractivity contribution < 1.29 is 21.6 Å². The SMILES string of the molecule is Cc1c(Cl)cccc1N(CC(=O)NC1CCS(=O)(=O)C1)S(C)(=O)=O. The van der Waals surface area contributed by atoms with Gasteiger partial charge in [-0.1, -0.05) is 17.7 Å². The molecule has 1 amide bonds. The number of halogens is 1. The molecule has 0 bridgehead atoms. The number of hydrogen-bond acceptors (Lipinski definition) is 5. The molecule has 0 aromatic heterocycles. The number of hydrogen-bond donors (Lipinski definition) is 1. The largest absolute Gasteiger partial charge is 0.351 e. The highest BCUT2D eigenvalue weighted by molar-refractivity contribution is 7.92. The molecule has 0 radical (unpaired) electrons. The van der Waals surface area contributed by atoms with Crippen LogP contribution in [0.2, 0.25) is 5.02 Å². The van der Waals surface area contributed by atoms with E-state index in [1.165, 1.54) is 0 Å². The molecule has 134 valence electrons. The third-order valence-corrected chi connectivity index (χ3v) is 7.10. The third kappa shape index (κ3) is 4.61. The molecule has 7 nitrogen and oxygen atoms in total. The Morgan fingerprint density at radius 3 is 2.62 bits per heavy atom. The standard InChI is InChI=1S/C14H19ClN2O5S2/c1-10-12(15)4-3-5-13(10)17(23(2,19)20)8-14(18)16-11-6-7-24(21,22)9-11/h3-5,11H,6-9H2,1-2H3,(H,16,18). The summed E-state index contributed by atoms with van der Waals surface area (Å²) < 4.78 is 48.0. The highest BCUT2D eigenvalue weighted by atomic mass is 35.5. The second-order valence-corrected chi connectivity index (χ2v) is 10.4. The molecule has 1 saturated heterocycles. The second kappa shape index (κ2) is 6.89. The van der Waals surface area contributed by atoms with E-state index in [0.29, 0.717) is 22.7 Å². The minimum Gasteiger partial charge on any atom is -0.351 e. The third-order valence-electron chi connectivity index (χ3n) is 3.79. The number of carbonyl (C=O) groups is 1. The quantitative estimate of drug-likeness (QED) is 0.792. The van der Waals surface area contributed by atoms with E-state index in [1.54, 1.807) is 25.1 Å². The number of nitrogens with zero attached hydrogens (tertiary/aromatic N) is 1. The second-order valence-electron chi connectivity index (χ2n) is 5.82. The minimum atomic E-state index is -3.71. The van der Waals surface area contributed by atoms with Gasteiger partial charge in [-0.3, -0.25) is 9.10 Å². The van der Waals surface area contributed by atoms with Crippen molar-refractivity contribution in [1.82, 2.24) is 5.32 Å². The molecule has 1 atom stereocenters. The average Bonchev–Trinajstić information content (AvgIpc) is 2.77. The fraction of sp³-hybridized carbons (Fsp3) is 0.500. The van der Waals surface area contributed by atoms with Crippen LogP contribution in [0, 0.1) is 6.92 Å². The molecular weight excluding hydrogens is 376 g/mol. The summed E-state index contributed by atoms with van der Waals surface area (Å²) in [6, 6.07) is 4.31. The smallest absolute Gasteiger partial charge is 0.241 e. The van der Waals surface area contributed by atoms with Crippen LogP contribution in [0.5, 0.6) is 0 Å². The zero-order valence-corrected chi connectivity index (χ0v) is 15.7. The Morgan fingerprint density at radius 2 is 2.08 bits per heavy atom. The van der Waals surface area contributed by atoms with Crippen LogP contribution in [0.3, 0.4) is 0 Å². The molecule has 10 heteroatoms. The van der Waals surface area contributed by atoms with Crippen molar-refractivity contribution >= 4 is 43.1 Å². The summed E-state index contributed by atoms with van der Waals surface area (Å²) in [5.41, 5.74) is 0.861. The maximum absolute atomic E-state index is 12.2. The van der Waals surface area contributed by atoms with Crippen molar-refractivity contribution in [3.05, 3.63) is 28.8 Å². The average molecular weight is 395 g/mol. The normalized spacial score (nSPS) is 19.9. The first-order chi connectivity index (χ1) is 11.0. The van der Waals surface area contributed by atoms with Crippen LogP contribution < -0.4 is 9.62 Å².